The second-order valence-corrected chi connectivity index (χ2v) is 6.36. The fraction of sp³-hybridized carbons (Fsp3) is 0.150. The highest BCUT2D eigenvalue weighted by Crippen LogP contribution is 2.37. The fourth-order valence-electron chi connectivity index (χ4n) is 2.19. The first-order valence-electron chi connectivity index (χ1n) is 7.66. The van der Waals surface area contributed by atoms with Crippen LogP contribution in [0.25, 0.3) is 11.6 Å². The molecule has 0 radical (unpaired) electrons. The summed E-state index contributed by atoms with van der Waals surface area (Å²) in [5.41, 5.74) is 2.12. The van der Waals surface area contributed by atoms with E-state index < -0.39 is 0 Å². The van der Waals surface area contributed by atoms with Crippen LogP contribution in [0.5, 0.6) is 11.5 Å². The normalized spacial score (nSPS) is 10.9. The summed E-state index contributed by atoms with van der Waals surface area (Å²) < 4.78 is 12.2. The molecule has 0 saturated carbocycles. The number of halogens is 2. The van der Waals surface area contributed by atoms with Crippen molar-refractivity contribution in [3.05, 3.63) is 69.7 Å². The number of allylic oxidation sites excluding steroid dienone is 1. The Morgan fingerprint density at radius 1 is 1.28 bits per heavy atom. The Bertz CT molecular complexity index is 823. The quantitative estimate of drug-likeness (QED) is 0.308. The van der Waals surface area contributed by atoms with Crippen molar-refractivity contribution in [1.29, 1.82) is 5.26 Å². The molecule has 25 heavy (non-hydrogen) atoms. The highest BCUT2D eigenvalue weighted by Gasteiger charge is 2.12. The van der Waals surface area contributed by atoms with Crippen LogP contribution < -0.4 is 9.47 Å². The summed E-state index contributed by atoms with van der Waals surface area (Å²) in [4.78, 5) is 0. The van der Waals surface area contributed by atoms with Gasteiger partial charge in [0.2, 0.25) is 0 Å². The largest absolute Gasteiger partial charge is 0.490 e. The zero-order chi connectivity index (χ0) is 18.2. The van der Waals surface area contributed by atoms with Crippen LogP contribution in [-0.2, 0) is 0 Å². The van der Waals surface area contributed by atoms with Crippen molar-refractivity contribution in [2.75, 3.05) is 13.2 Å². The predicted octanol–water partition coefficient (Wildman–Crippen LogP) is 6.13. The van der Waals surface area contributed by atoms with Crippen molar-refractivity contribution in [3.63, 3.8) is 0 Å². The van der Waals surface area contributed by atoms with Gasteiger partial charge < -0.3 is 9.47 Å². The van der Waals surface area contributed by atoms with E-state index >= 15 is 0 Å². The molecule has 0 bridgehead atoms. The van der Waals surface area contributed by atoms with Gasteiger partial charge in [0.1, 0.15) is 6.61 Å². The lowest BCUT2D eigenvalue weighted by Crippen LogP contribution is -2.00. The Morgan fingerprint density at radius 2 is 2.00 bits per heavy atom. The van der Waals surface area contributed by atoms with E-state index in [1.54, 1.807) is 18.2 Å². The number of nitrogens with zero attached hydrogens (tertiary/aromatic N) is 1. The Kier molecular flexibility index (Phi) is 7.12. The molecule has 128 valence electrons. The Hall–Kier alpha value is -2.22. The van der Waals surface area contributed by atoms with Crippen LogP contribution in [0.15, 0.2) is 53.5 Å². The van der Waals surface area contributed by atoms with E-state index in [4.69, 9.17) is 21.1 Å². The number of hydrogen-bond acceptors (Lipinski definition) is 3. The van der Waals surface area contributed by atoms with Crippen LogP contribution in [0.2, 0.25) is 5.02 Å². The molecule has 0 saturated heterocycles. The first-order valence-corrected chi connectivity index (χ1v) is 8.84. The first kappa shape index (κ1) is 19.1. The molecular formula is C20H17BrClNO2. The molecule has 0 heterocycles. The van der Waals surface area contributed by atoms with E-state index in [1.807, 2.05) is 37.3 Å². The van der Waals surface area contributed by atoms with Crippen molar-refractivity contribution in [2.24, 2.45) is 0 Å². The maximum atomic E-state index is 9.49. The van der Waals surface area contributed by atoms with Crippen LogP contribution in [0.4, 0.5) is 0 Å². The van der Waals surface area contributed by atoms with Gasteiger partial charge in [0.15, 0.2) is 11.5 Å². The molecule has 2 aromatic carbocycles. The molecule has 0 unspecified atom stereocenters. The fourth-order valence-corrected chi connectivity index (χ4v) is 2.73. The number of benzene rings is 2. The molecule has 2 rings (SSSR count). The van der Waals surface area contributed by atoms with Crippen molar-refractivity contribution in [1.82, 2.24) is 0 Å². The lowest BCUT2D eigenvalue weighted by atomic mass is 10.0. The molecule has 0 aliphatic rings. The zero-order valence-corrected chi connectivity index (χ0v) is 16.1. The van der Waals surface area contributed by atoms with E-state index in [0.29, 0.717) is 35.3 Å². The topological polar surface area (TPSA) is 42.2 Å². The minimum absolute atomic E-state index is 0.331. The van der Waals surface area contributed by atoms with Crippen molar-refractivity contribution >= 4 is 39.2 Å². The summed E-state index contributed by atoms with van der Waals surface area (Å²) in [6.45, 7) is 6.32. The molecule has 5 heteroatoms. The number of nitriles is 1. The summed E-state index contributed by atoms with van der Waals surface area (Å²) in [5, 5.41) is 9.92. The van der Waals surface area contributed by atoms with Gasteiger partial charge in [0.25, 0.3) is 0 Å². The van der Waals surface area contributed by atoms with Gasteiger partial charge in [-0.1, -0.05) is 52.3 Å². The number of hydrogen-bond donors (Lipinski definition) is 0. The average molecular weight is 419 g/mol. The zero-order valence-electron chi connectivity index (χ0n) is 13.8. The first-order chi connectivity index (χ1) is 12.1. The van der Waals surface area contributed by atoms with Gasteiger partial charge in [-0.2, -0.15) is 5.26 Å². The maximum Gasteiger partial charge on any atom is 0.180 e. The number of ether oxygens (including phenoxy) is 2. The third-order valence-corrected chi connectivity index (χ3v) is 4.07. The Balaban J connectivity index is 2.45. The summed E-state index contributed by atoms with van der Waals surface area (Å²) in [6.07, 6.45) is 3.41. The molecule has 0 spiro atoms. The third-order valence-electron chi connectivity index (χ3n) is 3.26. The van der Waals surface area contributed by atoms with E-state index in [1.165, 1.54) is 0 Å². The summed E-state index contributed by atoms with van der Waals surface area (Å²) >= 11 is 9.73. The third kappa shape index (κ3) is 5.12. The second-order valence-electron chi connectivity index (χ2n) is 5.04. The minimum Gasteiger partial charge on any atom is -0.490 e. The SMILES string of the molecule is C=CCOc1c(Cl)cc(/C=C(\C#N)c2ccc(Br)cc2)cc1OCC. The molecule has 2 aromatic rings. The Morgan fingerprint density at radius 3 is 2.60 bits per heavy atom. The molecule has 0 amide bonds. The van der Waals surface area contributed by atoms with E-state index in [9.17, 15) is 5.26 Å². The Labute approximate surface area is 161 Å². The summed E-state index contributed by atoms with van der Waals surface area (Å²) in [7, 11) is 0. The smallest absolute Gasteiger partial charge is 0.180 e. The monoisotopic (exact) mass is 417 g/mol. The van der Waals surface area contributed by atoms with Gasteiger partial charge in [-0.25, -0.2) is 0 Å². The standard InChI is InChI=1S/C20H17BrClNO2/c1-3-9-25-20-18(22)11-14(12-19(20)24-4-2)10-16(13-23)15-5-7-17(21)8-6-15/h3,5-8,10-12H,1,4,9H2,2H3/b16-10+. The van der Waals surface area contributed by atoms with E-state index in [2.05, 4.69) is 28.6 Å². The summed E-state index contributed by atoms with van der Waals surface area (Å²) in [5.74, 6) is 1.01. The van der Waals surface area contributed by atoms with Gasteiger partial charge in [-0.05, 0) is 48.4 Å². The molecule has 0 fully saturated rings. The van der Waals surface area contributed by atoms with E-state index in [-0.39, 0.29) is 0 Å². The van der Waals surface area contributed by atoms with Gasteiger partial charge in [0.05, 0.1) is 23.3 Å². The van der Waals surface area contributed by atoms with Crippen LogP contribution in [0, 0.1) is 11.3 Å². The van der Waals surface area contributed by atoms with Gasteiger partial charge in [-0.3, -0.25) is 0 Å². The maximum absolute atomic E-state index is 9.49. The van der Waals surface area contributed by atoms with Crippen LogP contribution in [0.1, 0.15) is 18.1 Å². The summed E-state index contributed by atoms with van der Waals surface area (Å²) in [6, 6.07) is 13.3. The van der Waals surface area contributed by atoms with Crippen molar-refractivity contribution < 1.29 is 9.47 Å². The highest BCUT2D eigenvalue weighted by atomic mass is 79.9. The molecule has 0 aliphatic heterocycles. The van der Waals surface area contributed by atoms with Crippen LogP contribution >= 0.6 is 27.5 Å². The molecule has 0 N–H and O–H groups in total. The molecular weight excluding hydrogens is 402 g/mol. The highest BCUT2D eigenvalue weighted by molar-refractivity contribution is 9.10. The van der Waals surface area contributed by atoms with Crippen LogP contribution in [-0.4, -0.2) is 13.2 Å². The predicted molar refractivity (Wildman–Crippen MR) is 106 cm³/mol. The number of rotatable bonds is 7. The van der Waals surface area contributed by atoms with E-state index in [0.717, 1.165) is 15.6 Å². The second kappa shape index (κ2) is 9.31. The molecule has 0 aromatic heterocycles. The molecule has 0 atom stereocenters. The van der Waals surface area contributed by atoms with Crippen molar-refractivity contribution in [2.45, 2.75) is 6.92 Å². The lowest BCUT2D eigenvalue weighted by Gasteiger charge is -2.13. The van der Waals surface area contributed by atoms with Gasteiger partial charge in [-0.15, -0.1) is 0 Å². The van der Waals surface area contributed by atoms with Crippen LogP contribution in [0.3, 0.4) is 0 Å². The lowest BCUT2D eigenvalue weighted by molar-refractivity contribution is 0.297. The molecule has 0 aliphatic carbocycles. The molecule has 3 nitrogen and oxygen atoms in total. The van der Waals surface area contributed by atoms with Crippen molar-refractivity contribution in [3.8, 4) is 17.6 Å². The van der Waals surface area contributed by atoms with Gasteiger partial charge >= 0.3 is 0 Å². The van der Waals surface area contributed by atoms with Gasteiger partial charge in [0, 0.05) is 4.47 Å². The minimum atomic E-state index is 0.331. The average Bonchev–Trinajstić information content (AvgIpc) is 2.60.